The van der Waals surface area contributed by atoms with Crippen LogP contribution in [0, 0.1) is 0 Å². The van der Waals surface area contributed by atoms with Gasteiger partial charge in [-0.2, -0.15) is 0 Å². The second kappa shape index (κ2) is 5.50. The molecule has 1 aromatic rings. The molecule has 0 radical (unpaired) electrons. The highest BCUT2D eigenvalue weighted by Gasteiger charge is 2.05. The summed E-state index contributed by atoms with van der Waals surface area (Å²) >= 11 is 3.25. The largest absolute Gasteiger partial charge is 0.383 e. The lowest BCUT2D eigenvalue weighted by atomic mass is 10.4. The van der Waals surface area contributed by atoms with E-state index in [1.54, 1.807) is 7.05 Å². The molecule has 1 amide bonds. The van der Waals surface area contributed by atoms with Gasteiger partial charge in [0, 0.05) is 20.0 Å². The molecular weight excluding hydrogens is 262 g/mol. The van der Waals surface area contributed by atoms with Gasteiger partial charge < -0.3 is 16.4 Å². The van der Waals surface area contributed by atoms with Gasteiger partial charge in [0.25, 0.3) is 0 Å². The summed E-state index contributed by atoms with van der Waals surface area (Å²) in [5.74, 6) is 0.930. The number of halogens is 1. The van der Waals surface area contributed by atoms with E-state index in [4.69, 9.17) is 5.73 Å². The lowest BCUT2D eigenvalue weighted by molar-refractivity contribution is -0.120. The first-order valence-electron chi connectivity index (χ1n) is 4.35. The first-order chi connectivity index (χ1) is 7.15. The van der Waals surface area contributed by atoms with Gasteiger partial charge in [-0.3, -0.25) is 4.79 Å². The number of carbonyl (C=O) groups excluding carboxylic acids is 1. The molecule has 82 valence electrons. The Morgan fingerprint density at radius 2 is 2.33 bits per heavy atom. The van der Waals surface area contributed by atoms with E-state index in [0.717, 1.165) is 0 Å². The zero-order valence-corrected chi connectivity index (χ0v) is 9.84. The van der Waals surface area contributed by atoms with E-state index in [1.807, 2.05) is 0 Å². The van der Waals surface area contributed by atoms with Crippen molar-refractivity contribution in [2.75, 3.05) is 24.6 Å². The average Bonchev–Trinajstić information content (AvgIpc) is 2.24. The number of rotatable bonds is 4. The highest BCUT2D eigenvalue weighted by molar-refractivity contribution is 9.10. The smallest absolute Gasteiger partial charge is 0.221 e. The second-order valence-electron chi connectivity index (χ2n) is 2.77. The summed E-state index contributed by atoms with van der Waals surface area (Å²) in [7, 11) is 1.60. The standard InChI is InChI=1S/C8H12BrN5O/c1-11-5(15)2-3-12-8-6(9)7(10)13-4-14-8/h4H,2-3H2,1H3,(H,11,15)(H3,10,12,13,14). The summed E-state index contributed by atoms with van der Waals surface area (Å²) in [6.07, 6.45) is 1.75. The molecule has 1 rings (SSSR count). The molecule has 0 saturated carbocycles. The number of hydrogen-bond acceptors (Lipinski definition) is 5. The van der Waals surface area contributed by atoms with Crippen molar-refractivity contribution >= 4 is 33.5 Å². The van der Waals surface area contributed by atoms with Crippen LogP contribution in [0.5, 0.6) is 0 Å². The van der Waals surface area contributed by atoms with Crippen LogP contribution in [-0.4, -0.2) is 29.5 Å². The number of nitrogen functional groups attached to an aromatic ring is 1. The maximum atomic E-state index is 10.9. The third-order valence-corrected chi connectivity index (χ3v) is 2.52. The van der Waals surface area contributed by atoms with Crippen LogP contribution in [0.1, 0.15) is 6.42 Å². The molecule has 1 heterocycles. The summed E-state index contributed by atoms with van der Waals surface area (Å²) < 4.78 is 0.613. The van der Waals surface area contributed by atoms with Crippen molar-refractivity contribution in [1.82, 2.24) is 15.3 Å². The van der Waals surface area contributed by atoms with E-state index in [9.17, 15) is 4.79 Å². The van der Waals surface area contributed by atoms with Gasteiger partial charge in [-0.05, 0) is 15.9 Å². The highest BCUT2D eigenvalue weighted by atomic mass is 79.9. The number of amides is 1. The lowest BCUT2D eigenvalue weighted by Gasteiger charge is -2.07. The normalized spacial score (nSPS) is 9.73. The molecule has 0 unspecified atom stereocenters. The molecule has 15 heavy (non-hydrogen) atoms. The number of nitrogens with two attached hydrogens (primary N) is 1. The number of nitrogens with zero attached hydrogens (tertiary/aromatic N) is 2. The number of anilines is 2. The molecule has 0 bridgehead atoms. The van der Waals surface area contributed by atoms with E-state index in [-0.39, 0.29) is 5.91 Å². The van der Waals surface area contributed by atoms with E-state index < -0.39 is 0 Å². The fraction of sp³-hybridized carbons (Fsp3) is 0.375. The van der Waals surface area contributed by atoms with Crippen molar-refractivity contribution in [3.05, 3.63) is 10.8 Å². The number of nitrogens with one attached hydrogen (secondary N) is 2. The van der Waals surface area contributed by atoms with Gasteiger partial charge in [0.15, 0.2) is 0 Å². The summed E-state index contributed by atoms with van der Waals surface area (Å²) in [6, 6.07) is 0. The Labute approximate surface area is 95.8 Å². The van der Waals surface area contributed by atoms with Gasteiger partial charge >= 0.3 is 0 Å². The van der Waals surface area contributed by atoms with Crippen LogP contribution in [0.15, 0.2) is 10.8 Å². The monoisotopic (exact) mass is 273 g/mol. The zero-order chi connectivity index (χ0) is 11.3. The molecule has 0 aliphatic carbocycles. The van der Waals surface area contributed by atoms with E-state index in [1.165, 1.54) is 6.33 Å². The number of carbonyl (C=O) groups is 1. The Morgan fingerprint density at radius 3 is 3.00 bits per heavy atom. The minimum absolute atomic E-state index is 0.0272. The molecule has 6 nitrogen and oxygen atoms in total. The maximum Gasteiger partial charge on any atom is 0.221 e. The van der Waals surface area contributed by atoms with E-state index in [2.05, 4.69) is 36.5 Å². The zero-order valence-electron chi connectivity index (χ0n) is 8.25. The minimum Gasteiger partial charge on any atom is -0.383 e. The molecular formula is C8H12BrN5O. The van der Waals surface area contributed by atoms with E-state index in [0.29, 0.717) is 29.1 Å². The summed E-state index contributed by atoms with van der Waals surface area (Å²) in [6.45, 7) is 0.495. The summed E-state index contributed by atoms with van der Waals surface area (Å²) in [5, 5.41) is 5.51. The van der Waals surface area contributed by atoms with Gasteiger partial charge in [-0.25, -0.2) is 9.97 Å². The number of hydrogen-bond donors (Lipinski definition) is 3. The molecule has 0 aromatic carbocycles. The predicted molar refractivity (Wildman–Crippen MR) is 61.3 cm³/mol. The van der Waals surface area contributed by atoms with Crippen molar-refractivity contribution < 1.29 is 4.79 Å². The van der Waals surface area contributed by atoms with Crippen LogP contribution < -0.4 is 16.4 Å². The minimum atomic E-state index is -0.0272. The van der Waals surface area contributed by atoms with Crippen molar-refractivity contribution in [2.45, 2.75) is 6.42 Å². The Hall–Kier alpha value is -1.37. The molecule has 4 N–H and O–H groups in total. The van der Waals surface area contributed by atoms with Crippen molar-refractivity contribution in [3.8, 4) is 0 Å². The van der Waals surface area contributed by atoms with Crippen LogP contribution in [0.4, 0.5) is 11.6 Å². The van der Waals surface area contributed by atoms with Crippen LogP contribution in [0.3, 0.4) is 0 Å². The first-order valence-corrected chi connectivity index (χ1v) is 5.15. The fourth-order valence-corrected chi connectivity index (χ4v) is 1.27. The first kappa shape index (κ1) is 11.7. The second-order valence-corrected chi connectivity index (χ2v) is 3.56. The molecule has 0 spiro atoms. The average molecular weight is 274 g/mol. The van der Waals surface area contributed by atoms with Crippen LogP contribution in [-0.2, 0) is 4.79 Å². The third kappa shape index (κ3) is 3.35. The van der Waals surface area contributed by atoms with Crippen LogP contribution in [0.25, 0.3) is 0 Å². The molecule has 0 aliphatic rings. The molecule has 7 heteroatoms. The quantitative estimate of drug-likeness (QED) is 0.737. The highest BCUT2D eigenvalue weighted by Crippen LogP contribution is 2.23. The van der Waals surface area contributed by atoms with Gasteiger partial charge in [-0.15, -0.1) is 0 Å². The Morgan fingerprint density at radius 1 is 1.60 bits per heavy atom. The molecule has 0 atom stereocenters. The predicted octanol–water partition coefficient (Wildman–Crippen LogP) is 0.369. The van der Waals surface area contributed by atoms with Gasteiger partial charge in [0.1, 0.15) is 22.4 Å². The van der Waals surface area contributed by atoms with Crippen molar-refractivity contribution in [3.63, 3.8) is 0 Å². The van der Waals surface area contributed by atoms with Crippen molar-refractivity contribution in [2.24, 2.45) is 0 Å². The Balaban J connectivity index is 2.51. The molecule has 0 saturated heterocycles. The Bertz CT molecular complexity index is 357. The summed E-state index contributed by atoms with van der Waals surface area (Å²) in [4.78, 5) is 18.7. The number of aromatic nitrogens is 2. The van der Waals surface area contributed by atoms with Gasteiger partial charge in [0.2, 0.25) is 5.91 Å². The van der Waals surface area contributed by atoms with Gasteiger partial charge in [0.05, 0.1) is 0 Å². The topological polar surface area (TPSA) is 92.9 Å². The third-order valence-electron chi connectivity index (χ3n) is 1.74. The molecule has 1 aromatic heterocycles. The SMILES string of the molecule is CNC(=O)CCNc1ncnc(N)c1Br. The van der Waals surface area contributed by atoms with Crippen LogP contribution >= 0.6 is 15.9 Å². The molecule has 0 aliphatic heterocycles. The fourth-order valence-electron chi connectivity index (χ4n) is 0.926. The summed E-state index contributed by atoms with van der Waals surface area (Å²) in [5.41, 5.74) is 5.56. The van der Waals surface area contributed by atoms with Crippen LogP contribution in [0.2, 0.25) is 0 Å². The van der Waals surface area contributed by atoms with Crippen molar-refractivity contribution in [1.29, 1.82) is 0 Å². The maximum absolute atomic E-state index is 10.9. The van der Waals surface area contributed by atoms with E-state index >= 15 is 0 Å². The van der Waals surface area contributed by atoms with Gasteiger partial charge in [-0.1, -0.05) is 0 Å². The lowest BCUT2D eigenvalue weighted by Crippen LogP contribution is -2.21. The molecule has 0 fully saturated rings. The Kier molecular flexibility index (Phi) is 4.29.